The van der Waals surface area contributed by atoms with Crippen LogP contribution < -0.4 is 25.8 Å². The van der Waals surface area contributed by atoms with Crippen molar-refractivity contribution < 1.29 is 14.3 Å². The van der Waals surface area contributed by atoms with Gasteiger partial charge in [-0.3, -0.25) is 19.9 Å². The molecule has 168 valence electrons. The highest BCUT2D eigenvalue weighted by molar-refractivity contribution is 8.14. The molecule has 2 aliphatic rings. The van der Waals surface area contributed by atoms with Gasteiger partial charge in [0.2, 0.25) is 11.8 Å². The summed E-state index contributed by atoms with van der Waals surface area (Å²) in [6.45, 7) is 0.780. The monoisotopic (exact) mass is 493 g/mol. The van der Waals surface area contributed by atoms with Crippen molar-refractivity contribution in [3.05, 3.63) is 58.1 Å². The number of fused-ring (bicyclic) bond motifs is 1. The molecule has 2 unspecified atom stereocenters. The number of carbonyl (C=O) groups is 2. The molecule has 1 saturated heterocycles. The standard InChI is InChI=1S/C21H21Cl2N5O3S/c1-31-17-7-6-13(8-16(17)23)28-20(30)14-10-25-27-19(14)26-21(28)32-11-18(29)24-9-12-4-2-3-5-15(12)22/h2-8,14,19,25,27H,9-11H2,1H3,(H,24,29). The Bertz CT molecular complexity index is 1070. The highest BCUT2D eigenvalue weighted by Gasteiger charge is 2.42. The number of thioether (sulfide) groups is 1. The van der Waals surface area contributed by atoms with Crippen LogP contribution in [0, 0.1) is 5.92 Å². The van der Waals surface area contributed by atoms with Crippen LogP contribution in [0.2, 0.25) is 10.0 Å². The molecule has 0 radical (unpaired) electrons. The van der Waals surface area contributed by atoms with Crippen LogP contribution in [0.15, 0.2) is 47.5 Å². The number of anilines is 1. The SMILES string of the molecule is COc1ccc(N2C(=O)C3CNNC3N=C2SCC(=O)NCc2ccccc2Cl)cc1Cl. The summed E-state index contributed by atoms with van der Waals surface area (Å²) in [4.78, 5) is 31.9. The smallest absolute Gasteiger partial charge is 0.241 e. The number of ether oxygens (including phenoxy) is 1. The maximum Gasteiger partial charge on any atom is 0.241 e. The van der Waals surface area contributed by atoms with Crippen molar-refractivity contribution in [1.29, 1.82) is 0 Å². The molecule has 0 bridgehead atoms. The number of nitrogens with one attached hydrogen (secondary N) is 3. The van der Waals surface area contributed by atoms with Crippen molar-refractivity contribution in [2.75, 3.05) is 24.3 Å². The first-order valence-electron chi connectivity index (χ1n) is 9.84. The van der Waals surface area contributed by atoms with Gasteiger partial charge in [-0.2, -0.15) is 0 Å². The molecular weight excluding hydrogens is 473 g/mol. The van der Waals surface area contributed by atoms with E-state index in [4.69, 9.17) is 27.9 Å². The average Bonchev–Trinajstić information content (AvgIpc) is 3.26. The minimum Gasteiger partial charge on any atom is -0.495 e. The summed E-state index contributed by atoms with van der Waals surface area (Å²) < 4.78 is 5.21. The van der Waals surface area contributed by atoms with E-state index in [1.54, 1.807) is 24.3 Å². The summed E-state index contributed by atoms with van der Waals surface area (Å²) in [5.74, 6) is -0.0802. The number of nitrogens with zero attached hydrogens (tertiary/aromatic N) is 2. The van der Waals surface area contributed by atoms with Crippen LogP contribution in [0.4, 0.5) is 5.69 Å². The number of benzene rings is 2. The minimum atomic E-state index is -0.388. The van der Waals surface area contributed by atoms with Crippen molar-refractivity contribution in [3.8, 4) is 5.75 Å². The first-order valence-corrected chi connectivity index (χ1v) is 11.6. The Morgan fingerprint density at radius 2 is 2.09 bits per heavy atom. The summed E-state index contributed by atoms with van der Waals surface area (Å²) in [5.41, 5.74) is 7.37. The van der Waals surface area contributed by atoms with Gasteiger partial charge in [-0.1, -0.05) is 53.2 Å². The number of carbonyl (C=O) groups excluding carboxylic acids is 2. The number of methoxy groups -OCH3 is 1. The molecule has 3 N–H and O–H groups in total. The number of aliphatic imine (C=N–C) groups is 1. The molecule has 2 amide bonds. The summed E-state index contributed by atoms with van der Waals surface area (Å²) >= 11 is 13.6. The fourth-order valence-corrected chi connectivity index (χ4v) is 4.75. The lowest BCUT2D eigenvalue weighted by atomic mass is 10.0. The number of hydrogen-bond acceptors (Lipinski definition) is 7. The molecule has 2 aromatic carbocycles. The van der Waals surface area contributed by atoms with Crippen molar-refractivity contribution in [2.45, 2.75) is 12.7 Å². The summed E-state index contributed by atoms with van der Waals surface area (Å²) in [6, 6.07) is 12.4. The molecule has 8 nitrogen and oxygen atoms in total. The van der Waals surface area contributed by atoms with Gasteiger partial charge in [0.15, 0.2) is 5.17 Å². The lowest BCUT2D eigenvalue weighted by molar-refractivity contribution is -0.121. The zero-order chi connectivity index (χ0) is 22.7. The van der Waals surface area contributed by atoms with Crippen LogP contribution in [-0.4, -0.2) is 42.6 Å². The summed E-state index contributed by atoms with van der Waals surface area (Å²) in [7, 11) is 1.53. The van der Waals surface area contributed by atoms with Gasteiger partial charge >= 0.3 is 0 Å². The van der Waals surface area contributed by atoms with E-state index in [0.717, 1.165) is 5.56 Å². The Morgan fingerprint density at radius 1 is 1.28 bits per heavy atom. The number of halogens is 2. The van der Waals surface area contributed by atoms with Gasteiger partial charge in [-0.15, -0.1) is 0 Å². The highest BCUT2D eigenvalue weighted by atomic mass is 35.5. The van der Waals surface area contributed by atoms with Gasteiger partial charge < -0.3 is 10.1 Å². The summed E-state index contributed by atoms with van der Waals surface area (Å²) in [5, 5.41) is 4.24. The van der Waals surface area contributed by atoms with Crippen LogP contribution in [-0.2, 0) is 16.1 Å². The molecule has 1 fully saturated rings. The second-order valence-electron chi connectivity index (χ2n) is 7.14. The predicted octanol–water partition coefficient (Wildman–Crippen LogP) is 2.80. The number of hydrogen-bond donors (Lipinski definition) is 3. The first-order chi connectivity index (χ1) is 15.5. The fraction of sp³-hybridized carbons (Fsp3) is 0.286. The molecule has 2 heterocycles. The van der Waals surface area contributed by atoms with Gasteiger partial charge in [0.1, 0.15) is 11.9 Å². The number of rotatable bonds is 6. The van der Waals surface area contributed by atoms with Crippen LogP contribution in [0.5, 0.6) is 5.75 Å². The largest absolute Gasteiger partial charge is 0.495 e. The first kappa shape index (κ1) is 22.9. The zero-order valence-corrected chi connectivity index (χ0v) is 19.4. The van der Waals surface area contributed by atoms with E-state index in [0.29, 0.717) is 39.7 Å². The Labute approximate surface area is 199 Å². The molecule has 11 heteroatoms. The maximum absolute atomic E-state index is 13.2. The van der Waals surface area contributed by atoms with Crippen molar-refractivity contribution in [1.82, 2.24) is 16.2 Å². The Hall–Kier alpha value is -2.30. The van der Waals surface area contributed by atoms with Crippen LogP contribution in [0.1, 0.15) is 5.56 Å². The molecule has 0 aliphatic carbocycles. The van der Waals surface area contributed by atoms with Gasteiger partial charge in [-0.05, 0) is 29.8 Å². The minimum absolute atomic E-state index is 0.0851. The van der Waals surface area contributed by atoms with Gasteiger partial charge in [0, 0.05) is 18.1 Å². The van der Waals surface area contributed by atoms with Gasteiger partial charge in [0.25, 0.3) is 0 Å². The Balaban J connectivity index is 1.49. The average molecular weight is 494 g/mol. The van der Waals surface area contributed by atoms with Crippen molar-refractivity contribution in [3.63, 3.8) is 0 Å². The molecule has 2 aliphatic heterocycles. The lowest BCUT2D eigenvalue weighted by Gasteiger charge is -2.32. The number of amides is 2. The van der Waals surface area contributed by atoms with E-state index >= 15 is 0 Å². The van der Waals surface area contributed by atoms with E-state index in [2.05, 4.69) is 21.2 Å². The molecule has 0 saturated carbocycles. The molecule has 2 aromatic rings. The third-order valence-electron chi connectivity index (χ3n) is 5.09. The normalized spacial score (nSPS) is 20.0. The van der Waals surface area contributed by atoms with Crippen LogP contribution >= 0.6 is 35.0 Å². The van der Waals surface area contributed by atoms with Crippen molar-refractivity contribution >= 4 is 57.6 Å². The molecular formula is C21H21Cl2N5O3S. The van der Waals surface area contributed by atoms with Crippen LogP contribution in [0.3, 0.4) is 0 Å². The van der Waals surface area contributed by atoms with Gasteiger partial charge in [-0.25, -0.2) is 10.4 Å². The predicted molar refractivity (Wildman–Crippen MR) is 127 cm³/mol. The quantitative estimate of drug-likeness (QED) is 0.572. The molecule has 32 heavy (non-hydrogen) atoms. The Kier molecular flexibility index (Phi) is 7.22. The van der Waals surface area contributed by atoms with E-state index in [-0.39, 0.29) is 29.7 Å². The number of amidine groups is 1. The summed E-state index contributed by atoms with van der Waals surface area (Å²) in [6.07, 6.45) is -0.388. The molecule has 4 rings (SSSR count). The molecule has 0 spiro atoms. The van der Waals surface area contributed by atoms with Crippen LogP contribution in [0.25, 0.3) is 0 Å². The zero-order valence-electron chi connectivity index (χ0n) is 17.1. The highest BCUT2D eigenvalue weighted by Crippen LogP contribution is 2.34. The molecule has 0 aromatic heterocycles. The second-order valence-corrected chi connectivity index (χ2v) is 8.89. The van der Waals surface area contributed by atoms with E-state index in [9.17, 15) is 9.59 Å². The third-order valence-corrected chi connectivity index (χ3v) is 6.71. The second kappa shape index (κ2) is 10.1. The van der Waals surface area contributed by atoms with E-state index < -0.39 is 0 Å². The fourth-order valence-electron chi connectivity index (χ4n) is 3.42. The third kappa shape index (κ3) is 4.87. The van der Waals surface area contributed by atoms with E-state index in [1.165, 1.54) is 23.8 Å². The van der Waals surface area contributed by atoms with E-state index in [1.807, 2.05) is 18.2 Å². The lowest BCUT2D eigenvalue weighted by Crippen LogP contribution is -2.49. The van der Waals surface area contributed by atoms with Gasteiger partial charge in [0.05, 0.1) is 29.5 Å². The number of hydrazine groups is 1. The Morgan fingerprint density at radius 3 is 2.84 bits per heavy atom. The molecule has 2 atom stereocenters. The maximum atomic E-state index is 13.2. The topological polar surface area (TPSA) is 95.1 Å². The van der Waals surface area contributed by atoms with Crippen molar-refractivity contribution in [2.24, 2.45) is 10.9 Å².